The highest BCUT2D eigenvalue weighted by Gasteiger charge is 2.29. The number of hydrogen-bond donors (Lipinski definition) is 1. The van der Waals surface area contributed by atoms with Crippen molar-refractivity contribution >= 4 is 33.2 Å². The van der Waals surface area contributed by atoms with E-state index in [4.69, 9.17) is 4.74 Å². The minimum atomic E-state index is -3.69. The Labute approximate surface area is 156 Å². The topological polar surface area (TPSA) is 101 Å². The van der Waals surface area contributed by atoms with Gasteiger partial charge >= 0.3 is 0 Å². The Balaban J connectivity index is 1.91. The summed E-state index contributed by atoms with van der Waals surface area (Å²) in [5, 5.41) is 6.51. The molecule has 140 valence electrons. The lowest BCUT2D eigenvalue weighted by atomic mass is 10.2. The number of sulfonamides is 1. The maximum atomic E-state index is 13.0. The molecule has 1 aromatic heterocycles. The van der Waals surface area contributed by atoms with Gasteiger partial charge in [-0.05, 0) is 49.5 Å². The van der Waals surface area contributed by atoms with Crippen LogP contribution in [0.3, 0.4) is 0 Å². The summed E-state index contributed by atoms with van der Waals surface area (Å²) in [5.74, 6) is -0.117. The number of nitrogens with one attached hydrogen (secondary N) is 1. The third-order valence-corrected chi connectivity index (χ3v) is 6.96. The van der Waals surface area contributed by atoms with Crippen molar-refractivity contribution in [2.45, 2.75) is 31.1 Å². The highest BCUT2D eigenvalue weighted by molar-refractivity contribution is 7.89. The number of carbonyl (C=O) groups excluding carboxylic acids is 1. The number of carbonyl (C=O) groups is 1. The molecule has 0 spiro atoms. The fourth-order valence-electron chi connectivity index (χ4n) is 2.83. The number of amides is 1. The molecule has 0 atom stereocenters. The second kappa shape index (κ2) is 7.68. The summed E-state index contributed by atoms with van der Waals surface area (Å²) in [6, 6.07) is 4.59. The summed E-state index contributed by atoms with van der Waals surface area (Å²) >= 11 is 0.993. The number of methoxy groups -OCH3 is 1. The van der Waals surface area contributed by atoms with Gasteiger partial charge < -0.3 is 10.1 Å². The van der Waals surface area contributed by atoms with E-state index in [2.05, 4.69) is 14.9 Å². The number of anilines is 1. The Bertz CT molecular complexity index is 905. The molecule has 2 aromatic rings. The molecule has 1 N–H and O–H groups in total. The first-order chi connectivity index (χ1) is 12.4. The van der Waals surface area contributed by atoms with Crippen LogP contribution in [0.5, 0.6) is 5.75 Å². The molecule has 26 heavy (non-hydrogen) atoms. The molecule has 1 aliphatic heterocycles. The number of hydrogen-bond acceptors (Lipinski definition) is 7. The fraction of sp³-hybridized carbons (Fsp3) is 0.438. The largest absolute Gasteiger partial charge is 0.495 e. The van der Waals surface area contributed by atoms with E-state index in [-0.39, 0.29) is 16.6 Å². The zero-order chi connectivity index (χ0) is 18.7. The summed E-state index contributed by atoms with van der Waals surface area (Å²) in [4.78, 5) is 12.8. The molecular formula is C16H20N4O4S2. The van der Waals surface area contributed by atoms with Crippen LogP contribution in [0.15, 0.2) is 23.1 Å². The quantitative estimate of drug-likeness (QED) is 0.832. The average molecular weight is 396 g/mol. The van der Waals surface area contributed by atoms with E-state index in [9.17, 15) is 13.2 Å². The van der Waals surface area contributed by atoms with Gasteiger partial charge in [-0.1, -0.05) is 10.9 Å². The molecule has 3 rings (SSSR count). The zero-order valence-electron chi connectivity index (χ0n) is 14.6. The molecule has 1 amide bonds. The van der Waals surface area contributed by atoms with Crippen molar-refractivity contribution in [2.24, 2.45) is 0 Å². The Morgan fingerprint density at radius 3 is 2.62 bits per heavy atom. The Hall–Kier alpha value is -2.04. The van der Waals surface area contributed by atoms with Crippen molar-refractivity contribution in [3.05, 3.63) is 28.8 Å². The first-order valence-corrected chi connectivity index (χ1v) is 10.4. The summed E-state index contributed by atoms with van der Waals surface area (Å²) < 4.78 is 36.5. The van der Waals surface area contributed by atoms with Gasteiger partial charge in [-0.25, -0.2) is 8.42 Å². The third kappa shape index (κ3) is 3.71. The molecule has 1 fully saturated rings. The van der Waals surface area contributed by atoms with Crippen LogP contribution in [-0.4, -0.2) is 48.4 Å². The van der Waals surface area contributed by atoms with Gasteiger partial charge in [0.2, 0.25) is 10.0 Å². The molecule has 2 heterocycles. The summed E-state index contributed by atoms with van der Waals surface area (Å²) in [6.45, 7) is 2.68. The standard InChI is InChI=1S/C16H20N4O4S2/c1-11-15(25-19-18-11)16(21)17-12-6-7-13(24-2)14(10-12)26(22,23)20-8-4-3-5-9-20/h6-7,10H,3-5,8-9H2,1-2H3,(H,17,21). The third-order valence-electron chi connectivity index (χ3n) is 4.21. The van der Waals surface area contributed by atoms with Crippen molar-refractivity contribution in [1.29, 1.82) is 0 Å². The van der Waals surface area contributed by atoms with E-state index < -0.39 is 10.0 Å². The van der Waals surface area contributed by atoms with Gasteiger partial charge in [-0.3, -0.25) is 4.79 Å². The molecule has 0 bridgehead atoms. The number of aromatic nitrogens is 2. The number of piperidine rings is 1. The van der Waals surface area contributed by atoms with E-state index >= 15 is 0 Å². The van der Waals surface area contributed by atoms with E-state index in [1.165, 1.54) is 17.5 Å². The van der Waals surface area contributed by atoms with Crippen molar-refractivity contribution < 1.29 is 17.9 Å². The second-order valence-corrected chi connectivity index (χ2v) is 8.63. The lowest BCUT2D eigenvalue weighted by Crippen LogP contribution is -2.35. The normalized spacial score (nSPS) is 15.6. The van der Waals surface area contributed by atoms with Crippen molar-refractivity contribution in [3.8, 4) is 5.75 Å². The van der Waals surface area contributed by atoms with Crippen LogP contribution >= 0.6 is 11.5 Å². The lowest BCUT2D eigenvalue weighted by molar-refractivity contribution is 0.102. The number of aryl methyl sites for hydroxylation is 1. The average Bonchev–Trinajstić information content (AvgIpc) is 3.08. The Morgan fingerprint density at radius 2 is 2.00 bits per heavy atom. The first kappa shape index (κ1) is 18.7. The van der Waals surface area contributed by atoms with E-state index in [0.29, 0.717) is 29.3 Å². The van der Waals surface area contributed by atoms with Gasteiger partial charge in [-0.2, -0.15) is 4.31 Å². The fourth-order valence-corrected chi connectivity index (χ4v) is 5.08. The molecule has 1 aromatic carbocycles. The number of rotatable bonds is 5. The van der Waals surface area contributed by atoms with Crippen LogP contribution in [0.2, 0.25) is 0 Å². The lowest BCUT2D eigenvalue weighted by Gasteiger charge is -2.26. The van der Waals surface area contributed by atoms with Gasteiger partial charge in [0.1, 0.15) is 15.5 Å². The summed E-state index contributed by atoms with van der Waals surface area (Å²) in [6.07, 6.45) is 2.72. The van der Waals surface area contributed by atoms with Gasteiger partial charge in [-0.15, -0.1) is 5.10 Å². The molecule has 8 nitrogen and oxygen atoms in total. The van der Waals surface area contributed by atoms with Gasteiger partial charge in [0.05, 0.1) is 12.8 Å². The smallest absolute Gasteiger partial charge is 0.269 e. The highest BCUT2D eigenvalue weighted by Crippen LogP contribution is 2.31. The molecule has 1 aliphatic rings. The van der Waals surface area contributed by atoms with Crippen LogP contribution in [-0.2, 0) is 10.0 Å². The first-order valence-electron chi connectivity index (χ1n) is 8.22. The predicted molar refractivity (Wildman–Crippen MR) is 98.2 cm³/mol. The van der Waals surface area contributed by atoms with Crippen LogP contribution in [0, 0.1) is 6.92 Å². The van der Waals surface area contributed by atoms with Gasteiger partial charge in [0.15, 0.2) is 0 Å². The molecule has 10 heteroatoms. The predicted octanol–water partition coefficient (Wildman–Crippen LogP) is 2.28. The van der Waals surface area contributed by atoms with E-state index in [1.807, 2.05) is 0 Å². The van der Waals surface area contributed by atoms with Gasteiger partial charge in [0.25, 0.3) is 5.91 Å². The summed E-state index contributed by atoms with van der Waals surface area (Å²) in [7, 11) is -2.26. The van der Waals surface area contributed by atoms with Crippen molar-refractivity contribution in [2.75, 3.05) is 25.5 Å². The van der Waals surface area contributed by atoms with Crippen molar-refractivity contribution in [1.82, 2.24) is 13.9 Å². The Morgan fingerprint density at radius 1 is 1.27 bits per heavy atom. The molecule has 0 saturated carbocycles. The van der Waals surface area contributed by atoms with Crippen LogP contribution in [0.25, 0.3) is 0 Å². The second-order valence-electron chi connectivity index (χ2n) is 5.97. The maximum Gasteiger partial charge on any atom is 0.269 e. The monoisotopic (exact) mass is 396 g/mol. The highest BCUT2D eigenvalue weighted by atomic mass is 32.2. The molecule has 0 aliphatic carbocycles. The molecular weight excluding hydrogens is 376 g/mol. The molecule has 1 saturated heterocycles. The van der Waals surface area contributed by atoms with Crippen LogP contribution in [0.4, 0.5) is 5.69 Å². The SMILES string of the molecule is COc1ccc(NC(=O)c2snnc2C)cc1S(=O)(=O)N1CCCCC1. The van der Waals surface area contributed by atoms with Crippen LogP contribution in [0.1, 0.15) is 34.6 Å². The van der Waals surface area contributed by atoms with E-state index in [1.54, 1.807) is 19.1 Å². The van der Waals surface area contributed by atoms with Crippen LogP contribution < -0.4 is 10.1 Å². The zero-order valence-corrected chi connectivity index (χ0v) is 16.2. The number of benzene rings is 1. The number of ether oxygens (including phenoxy) is 1. The van der Waals surface area contributed by atoms with Crippen molar-refractivity contribution in [3.63, 3.8) is 0 Å². The molecule has 0 unspecified atom stereocenters. The summed E-state index contributed by atoms with van der Waals surface area (Å²) in [5.41, 5.74) is 0.904. The Kier molecular flexibility index (Phi) is 5.54. The number of nitrogens with zero attached hydrogens (tertiary/aromatic N) is 3. The van der Waals surface area contributed by atoms with E-state index in [0.717, 1.165) is 30.8 Å². The minimum absolute atomic E-state index is 0.0545. The molecule has 0 radical (unpaired) electrons. The maximum absolute atomic E-state index is 13.0. The van der Waals surface area contributed by atoms with Gasteiger partial charge in [0, 0.05) is 18.8 Å². The minimum Gasteiger partial charge on any atom is -0.495 e.